The van der Waals surface area contributed by atoms with Gasteiger partial charge < -0.3 is 19.6 Å². The summed E-state index contributed by atoms with van der Waals surface area (Å²) >= 11 is 0. The van der Waals surface area contributed by atoms with Crippen molar-refractivity contribution in [2.75, 3.05) is 59.5 Å². The van der Waals surface area contributed by atoms with Crippen LogP contribution in [0.25, 0.3) is 6.08 Å². The molecule has 164 valence electrons. The Labute approximate surface area is 178 Å². The minimum Gasteiger partial charge on any atom is -0.390 e. The molecule has 3 rings (SSSR count). The smallest absolute Gasteiger partial charge is 0.246 e. The highest BCUT2D eigenvalue weighted by Crippen LogP contribution is 2.20. The van der Waals surface area contributed by atoms with E-state index in [1.807, 2.05) is 36.4 Å². The van der Waals surface area contributed by atoms with Gasteiger partial charge in [-0.25, -0.2) is 0 Å². The van der Waals surface area contributed by atoms with E-state index in [-0.39, 0.29) is 17.7 Å². The number of hydrogen-bond donors (Lipinski definition) is 1. The van der Waals surface area contributed by atoms with Crippen molar-refractivity contribution >= 4 is 17.9 Å². The van der Waals surface area contributed by atoms with E-state index >= 15 is 0 Å². The average Bonchev–Trinajstić information content (AvgIpc) is 2.78. The van der Waals surface area contributed by atoms with Crippen molar-refractivity contribution in [3.63, 3.8) is 0 Å². The molecule has 0 aromatic heterocycles. The number of carbonyl (C=O) groups excluding carboxylic acids is 2. The van der Waals surface area contributed by atoms with Gasteiger partial charge in [-0.05, 0) is 24.5 Å². The first-order chi connectivity index (χ1) is 14.5. The van der Waals surface area contributed by atoms with Crippen molar-refractivity contribution in [3.05, 3.63) is 42.0 Å². The summed E-state index contributed by atoms with van der Waals surface area (Å²) in [7, 11) is 1.75. The lowest BCUT2D eigenvalue weighted by Crippen LogP contribution is -2.47. The summed E-state index contributed by atoms with van der Waals surface area (Å²) in [6.07, 6.45) is 4.18. The van der Waals surface area contributed by atoms with Crippen LogP contribution in [0.5, 0.6) is 0 Å². The Bertz CT molecular complexity index is 710. The number of hydrogen-bond acceptors (Lipinski definition) is 5. The maximum Gasteiger partial charge on any atom is 0.246 e. The second-order valence-corrected chi connectivity index (χ2v) is 8.13. The van der Waals surface area contributed by atoms with Crippen LogP contribution < -0.4 is 0 Å². The van der Waals surface area contributed by atoms with Crippen LogP contribution in [0.4, 0.5) is 0 Å². The molecule has 1 N–H and O–H groups in total. The van der Waals surface area contributed by atoms with Crippen LogP contribution in [0.15, 0.2) is 36.4 Å². The van der Waals surface area contributed by atoms with Crippen molar-refractivity contribution in [2.24, 2.45) is 5.92 Å². The molecular weight excluding hydrogens is 382 g/mol. The van der Waals surface area contributed by atoms with Crippen LogP contribution in [0.3, 0.4) is 0 Å². The SMILES string of the molecule is CN(CC(O)CN1CCOCC1)C(=O)C1CCN(C(=O)C=Cc2ccccc2)CC1. The molecule has 2 saturated heterocycles. The van der Waals surface area contributed by atoms with Crippen LogP contribution in [-0.2, 0) is 14.3 Å². The van der Waals surface area contributed by atoms with Crippen molar-refractivity contribution < 1.29 is 19.4 Å². The number of likely N-dealkylation sites (tertiary alicyclic amines) is 1. The van der Waals surface area contributed by atoms with E-state index in [1.54, 1.807) is 22.9 Å². The Balaban J connectivity index is 1.40. The van der Waals surface area contributed by atoms with Gasteiger partial charge in [0.05, 0.1) is 19.3 Å². The fourth-order valence-electron chi connectivity index (χ4n) is 4.04. The van der Waals surface area contributed by atoms with E-state index < -0.39 is 6.10 Å². The van der Waals surface area contributed by atoms with Gasteiger partial charge in [0.2, 0.25) is 11.8 Å². The van der Waals surface area contributed by atoms with Gasteiger partial charge in [-0.15, -0.1) is 0 Å². The monoisotopic (exact) mass is 415 g/mol. The first kappa shape index (κ1) is 22.5. The number of morpholine rings is 1. The summed E-state index contributed by atoms with van der Waals surface area (Å²) in [4.78, 5) is 30.8. The number of aliphatic hydroxyl groups excluding tert-OH is 1. The van der Waals surface area contributed by atoms with E-state index in [1.165, 1.54) is 0 Å². The molecule has 0 spiro atoms. The highest BCUT2D eigenvalue weighted by molar-refractivity contribution is 5.92. The molecule has 1 aromatic rings. The molecule has 2 aliphatic heterocycles. The maximum absolute atomic E-state index is 12.8. The van der Waals surface area contributed by atoms with Gasteiger partial charge in [-0.3, -0.25) is 14.5 Å². The molecule has 2 fully saturated rings. The van der Waals surface area contributed by atoms with Crippen LogP contribution in [-0.4, -0.2) is 97.3 Å². The highest BCUT2D eigenvalue weighted by Gasteiger charge is 2.29. The van der Waals surface area contributed by atoms with Gasteiger partial charge in [0.15, 0.2) is 0 Å². The van der Waals surface area contributed by atoms with Gasteiger partial charge in [0, 0.05) is 58.3 Å². The third-order valence-corrected chi connectivity index (χ3v) is 5.81. The van der Waals surface area contributed by atoms with E-state index in [9.17, 15) is 14.7 Å². The largest absolute Gasteiger partial charge is 0.390 e. The summed E-state index contributed by atoms with van der Waals surface area (Å²) in [6.45, 7) is 5.08. The summed E-state index contributed by atoms with van der Waals surface area (Å²) in [5.41, 5.74) is 0.994. The number of aliphatic hydroxyl groups is 1. The summed E-state index contributed by atoms with van der Waals surface area (Å²) in [5.74, 6) is -0.0465. The van der Waals surface area contributed by atoms with E-state index in [0.717, 1.165) is 18.7 Å². The summed E-state index contributed by atoms with van der Waals surface area (Å²) in [5, 5.41) is 10.4. The summed E-state index contributed by atoms with van der Waals surface area (Å²) < 4.78 is 5.32. The number of ether oxygens (including phenoxy) is 1. The molecule has 0 saturated carbocycles. The zero-order chi connectivity index (χ0) is 21.3. The maximum atomic E-state index is 12.8. The molecule has 2 heterocycles. The highest BCUT2D eigenvalue weighted by atomic mass is 16.5. The topological polar surface area (TPSA) is 73.3 Å². The predicted molar refractivity (Wildman–Crippen MR) is 116 cm³/mol. The lowest BCUT2D eigenvalue weighted by molar-refractivity contribution is -0.139. The van der Waals surface area contributed by atoms with Crippen molar-refractivity contribution in [2.45, 2.75) is 18.9 Å². The van der Waals surface area contributed by atoms with Crippen molar-refractivity contribution in [3.8, 4) is 0 Å². The number of likely N-dealkylation sites (N-methyl/N-ethyl adjacent to an activating group) is 1. The molecule has 0 aliphatic carbocycles. The molecule has 1 unspecified atom stereocenters. The molecular formula is C23H33N3O4. The Kier molecular flexibility index (Phi) is 8.42. The second kappa shape index (κ2) is 11.2. The Morgan fingerprint density at radius 3 is 2.50 bits per heavy atom. The number of benzene rings is 1. The quantitative estimate of drug-likeness (QED) is 0.675. The van der Waals surface area contributed by atoms with Gasteiger partial charge in [0.1, 0.15) is 0 Å². The number of piperidine rings is 1. The standard InChI is InChI=1S/C23H33N3O4/c1-24(17-21(27)18-25-13-15-30-16-14-25)23(29)20-9-11-26(12-10-20)22(28)8-7-19-5-3-2-4-6-19/h2-8,20-21,27H,9-18H2,1H3. The number of β-amino-alcohol motifs (C(OH)–C–C–N with tert-alkyl or cyclic N) is 1. The van der Waals surface area contributed by atoms with Crippen molar-refractivity contribution in [1.29, 1.82) is 0 Å². The van der Waals surface area contributed by atoms with E-state index in [4.69, 9.17) is 4.74 Å². The Morgan fingerprint density at radius 2 is 1.83 bits per heavy atom. The third kappa shape index (κ3) is 6.65. The normalized spacial score (nSPS) is 19.7. The molecule has 0 radical (unpaired) electrons. The molecule has 0 bridgehead atoms. The lowest BCUT2D eigenvalue weighted by Gasteiger charge is -2.34. The molecule has 2 aliphatic rings. The number of amides is 2. The zero-order valence-corrected chi connectivity index (χ0v) is 17.8. The minimum absolute atomic E-state index is 0.0148. The Morgan fingerprint density at radius 1 is 1.17 bits per heavy atom. The zero-order valence-electron chi connectivity index (χ0n) is 17.8. The number of carbonyl (C=O) groups is 2. The Hall–Kier alpha value is -2.22. The van der Waals surface area contributed by atoms with E-state index in [0.29, 0.717) is 52.2 Å². The van der Waals surface area contributed by atoms with Crippen LogP contribution in [0, 0.1) is 5.92 Å². The van der Waals surface area contributed by atoms with Gasteiger partial charge in [0.25, 0.3) is 0 Å². The fraction of sp³-hybridized carbons (Fsp3) is 0.565. The predicted octanol–water partition coefficient (Wildman–Crippen LogP) is 1.09. The minimum atomic E-state index is -0.568. The first-order valence-corrected chi connectivity index (χ1v) is 10.8. The van der Waals surface area contributed by atoms with Gasteiger partial charge in [-0.2, -0.15) is 0 Å². The average molecular weight is 416 g/mol. The molecule has 7 heteroatoms. The first-order valence-electron chi connectivity index (χ1n) is 10.8. The molecule has 1 atom stereocenters. The molecule has 1 aromatic carbocycles. The van der Waals surface area contributed by atoms with Crippen molar-refractivity contribution in [1.82, 2.24) is 14.7 Å². The fourth-order valence-corrected chi connectivity index (χ4v) is 4.04. The van der Waals surface area contributed by atoms with E-state index in [2.05, 4.69) is 4.90 Å². The molecule has 30 heavy (non-hydrogen) atoms. The lowest BCUT2D eigenvalue weighted by atomic mass is 9.95. The van der Waals surface area contributed by atoms with Crippen LogP contribution in [0.2, 0.25) is 0 Å². The molecule has 2 amide bonds. The number of nitrogens with zero attached hydrogens (tertiary/aromatic N) is 3. The number of rotatable bonds is 7. The molecule has 7 nitrogen and oxygen atoms in total. The van der Waals surface area contributed by atoms with Crippen LogP contribution in [0.1, 0.15) is 18.4 Å². The third-order valence-electron chi connectivity index (χ3n) is 5.81. The van der Waals surface area contributed by atoms with Gasteiger partial charge in [-0.1, -0.05) is 30.3 Å². The van der Waals surface area contributed by atoms with Gasteiger partial charge >= 0.3 is 0 Å². The second-order valence-electron chi connectivity index (χ2n) is 8.13. The van der Waals surface area contributed by atoms with Crippen LogP contribution >= 0.6 is 0 Å². The summed E-state index contributed by atoms with van der Waals surface area (Å²) in [6, 6.07) is 9.74.